The molecule has 2 amide bonds. The van der Waals surface area contributed by atoms with Gasteiger partial charge in [0.05, 0.1) is 11.0 Å². The maximum absolute atomic E-state index is 12.0. The summed E-state index contributed by atoms with van der Waals surface area (Å²) in [6.45, 7) is 0. The summed E-state index contributed by atoms with van der Waals surface area (Å²) in [6.07, 6.45) is 0. The van der Waals surface area contributed by atoms with E-state index < -0.39 is 0 Å². The largest absolute Gasteiger partial charge is 0.328 e. The molecule has 2 aromatic carbocycles. The molecule has 0 saturated carbocycles. The number of urea groups is 1. The van der Waals surface area contributed by atoms with E-state index in [1.54, 1.807) is 35.4 Å². The van der Waals surface area contributed by atoms with Gasteiger partial charge in [0, 0.05) is 25.5 Å². The molecule has 0 atom stereocenters. The van der Waals surface area contributed by atoms with Crippen molar-refractivity contribution in [3.8, 4) is 0 Å². The lowest BCUT2D eigenvalue weighted by Gasteiger charge is -2.08. The maximum Gasteiger partial charge on any atom is 0.328 e. The van der Waals surface area contributed by atoms with Gasteiger partial charge < -0.3 is 10.6 Å². The van der Waals surface area contributed by atoms with Crippen LogP contribution in [0.15, 0.2) is 53.3 Å². The Morgan fingerprint density at radius 3 is 2.23 bits per heavy atom. The minimum Gasteiger partial charge on any atom is -0.308 e. The molecular weight excluding hydrogens is 280 g/mol. The van der Waals surface area contributed by atoms with E-state index in [9.17, 15) is 9.59 Å². The average Bonchev–Trinajstić information content (AvgIpc) is 2.73. The van der Waals surface area contributed by atoms with Crippen LogP contribution in [-0.4, -0.2) is 15.2 Å². The SMILES string of the molecule is Cn1c(=O)n(C)c2cc(NC(=O)Nc3ccccc3)ccc21. The number of amides is 2. The number of aromatic nitrogens is 2. The molecule has 0 bridgehead atoms. The van der Waals surface area contributed by atoms with Crippen LogP contribution in [0.5, 0.6) is 0 Å². The lowest BCUT2D eigenvalue weighted by molar-refractivity contribution is 0.262. The highest BCUT2D eigenvalue weighted by Gasteiger charge is 2.09. The Labute approximate surface area is 127 Å². The van der Waals surface area contributed by atoms with E-state index >= 15 is 0 Å². The lowest BCUT2D eigenvalue weighted by Crippen LogP contribution is -2.19. The molecule has 2 N–H and O–H groups in total. The van der Waals surface area contributed by atoms with Gasteiger partial charge in [-0.3, -0.25) is 9.13 Å². The van der Waals surface area contributed by atoms with Gasteiger partial charge in [-0.1, -0.05) is 18.2 Å². The van der Waals surface area contributed by atoms with Crippen molar-refractivity contribution >= 4 is 28.4 Å². The molecule has 0 aliphatic rings. The van der Waals surface area contributed by atoms with Gasteiger partial charge in [0.15, 0.2) is 0 Å². The van der Waals surface area contributed by atoms with Crippen LogP contribution in [-0.2, 0) is 14.1 Å². The number of carbonyl (C=O) groups is 1. The van der Waals surface area contributed by atoms with Crippen LogP contribution >= 0.6 is 0 Å². The molecule has 0 fully saturated rings. The van der Waals surface area contributed by atoms with E-state index in [1.165, 1.54) is 0 Å². The molecule has 3 rings (SSSR count). The van der Waals surface area contributed by atoms with Crippen molar-refractivity contribution in [3.05, 3.63) is 59.0 Å². The summed E-state index contributed by atoms with van der Waals surface area (Å²) in [7, 11) is 3.43. The standard InChI is InChI=1S/C16H16N4O2/c1-19-13-9-8-12(10-14(13)20(2)16(19)22)18-15(21)17-11-6-4-3-5-7-11/h3-10H,1-2H3,(H2,17,18,21). The Morgan fingerprint density at radius 2 is 1.50 bits per heavy atom. The number of nitrogens with zero attached hydrogens (tertiary/aromatic N) is 2. The molecule has 6 heteroatoms. The number of benzene rings is 2. The smallest absolute Gasteiger partial charge is 0.308 e. The number of para-hydroxylation sites is 1. The van der Waals surface area contributed by atoms with Gasteiger partial charge in [-0.15, -0.1) is 0 Å². The summed E-state index contributed by atoms with van der Waals surface area (Å²) in [5.74, 6) is 0. The Morgan fingerprint density at radius 1 is 0.864 bits per heavy atom. The molecule has 0 radical (unpaired) electrons. The summed E-state index contributed by atoms with van der Waals surface area (Å²) in [5.41, 5.74) is 2.84. The second-order valence-corrected chi connectivity index (χ2v) is 5.05. The number of carbonyl (C=O) groups excluding carboxylic acids is 1. The van der Waals surface area contributed by atoms with Crippen molar-refractivity contribution in [2.24, 2.45) is 14.1 Å². The van der Waals surface area contributed by atoms with Crippen LogP contribution in [0, 0.1) is 0 Å². The van der Waals surface area contributed by atoms with Crippen molar-refractivity contribution in [3.63, 3.8) is 0 Å². The number of imidazole rings is 1. The summed E-state index contributed by atoms with van der Waals surface area (Å²) in [6, 6.07) is 14.2. The zero-order chi connectivity index (χ0) is 15.7. The zero-order valence-corrected chi connectivity index (χ0v) is 12.3. The van der Waals surface area contributed by atoms with E-state index in [2.05, 4.69) is 10.6 Å². The predicted molar refractivity (Wildman–Crippen MR) is 87.2 cm³/mol. The number of hydrogen-bond donors (Lipinski definition) is 2. The minimum atomic E-state index is -0.327. The molecule has 112 valence electrons. The Kier molecular flexibility index (Phi) is 3.42. The number of nitrogens with one attached hydrogen (secondary N) is 2. The maximum atomic E-state index is 12.0. The van der Waals surface area contributed by atoms with Crippen molar-refractivity contribution in [2.75, 3.05) is 10.6 Å². The molecule has 3 aromatic rings. The summed E-state index contributed by atoms with van der Waals surface area (Å²) < 4.78 is 3.12. The highest BCUT2D eigenvalue weighted by atomic mass is 16.2. The van der Waals surface area contributed by atoms with E-state index in [0.29, 0.717) is 11.4 Å². The van der Waals surface area contributed by atoms with Crippen LogP contribution in [0.25, 0.3) is 11.0 Å². The van der Waals surface area contributed by atoms with Crippen molar-refractivity contribution in [1.29, 1.82) is 0 Å². The molecule has 6 nitrogen and oxygen atoms in total. The molecule has 0 saturated heterocycles. The van der Waals surface area contributed by atoms with Gasteiger partial charge in [0.2, 0.25) is 0 Å². The third kappa shape index (κ3) is 2.46. The molecular formula is C16H16N4O2. The molecule has 1 aromatic heterocycles. The van der Waals surface area contributed by atoms with Crippen molar-refractivity contribution in [1.82, 2.24) is 9.13 Å². The van der Waals surface area contributed by atoms with E-state index in [1.807, 2.05) is 36.4 Å². The zero-order valence-electron chi connectivity index (χ0n) is 12.3. The number of aryl methyl sites for hydroxylation is 2. The van der Waals surface area contributed by atoms with Crippen molar-refractivity contribution in [2.45, 2.75) is 0 Å². The fourth-order valence-corrected chi connectivity index (χ4v) is 2.40. The third-order valence-electron chi connectivity index (χ3n) is 3.56. The molecule has 0 spiro atoms. The first-order chi connectivity index (χ1) is 10.6. The number of rotatable bonds is 2. The van der Waals surface area contributed by atoms with Crippen LogP contribution in [0.4, 0.5) is 16.2 Å². The predicted octanol–water partition coefficient (Wildman–Crippen LogP) is 2.52. The normalized spacial score (nSPS) is 10.6. The minimum absolute atomic E-state index is 0.0964. The first-order valence-corrected chi connectivity index (χ1v) is 6.85. The van der Waals surface area contributed by atoms with Gasteiger partial charge in [0.25, 0.3) is 0 Å². The molecule has 0 aliphatic carbocycles. The number of fused-ring (bicyclic) bond motifs is 1. The average molecular weight is 296 g/mol. The van der Waals surface area contributed by atoms with Crippen LogP contribution in [0.1, 0.15) is 0 Å². The van der Waals surface area contributed by atoms with Crippen LogP contribution in [0.3, 0.4) is 0 Å². The summed E-state index contributed by atoms with van der Waals surface area (Å²) in [4.78, 5) is 23.9. The second-order valence-electron chi connectivity index (χ2n) is 5.05. The van der Waals surface area contributed by atoms with Gasteiger partial charge in [-0.25, -0.2) is 9.59 Å². The molecule has 22 heavy (non-hydrogen) atoms. The van der Waals surface area contributed by atoms with E-state index in [0.717, 1.165) is 11.0 Å². The fraction of sp³-hybridized carbons (Fsp3) is 0.125. The van der Waals surface area contributed by atoms with Crippen LogP contribution < -0.4 is 16.3 Å². The first kappa shape index (κ1) is 13.9. The highest BCUT2D eigenvalue weighted by molar-refractivity contribution is 6.00. The lowest BCUT2D eigenvalue weighted by atomic mass is 10.2. The Balaban J connectivity index is 1.84. The summed E-state index contributed by atoms with van der Waals surface area (Å²) >= 11 is 0. The van der Waals surface area contributed by atoms with Gasteiger partial charge in [-0.2, -0.15) is 0 Å². The third-order valence-corrected chi connectivity index (χ3v) is 3.56. The highest BCUT2D eigenvalue weighted by Crippen LogP contribution is 2.18. The number of hydrogen-bond acceptors (Lipinski definition) is 2. The van der Waals surface area contributed by atoms with Gasteiger partial charge >= 0.3 is 11.7 Å². The Hall–Kier alpha value is -3.02. The quantitative estimate of drug-likeness (QED) is 0.763. The Bertz CT molecular complexity index is 894. The number of anilines is 2. The van der Waals surface area contributed by atoms with Gasteiger partial charge in [0.1, 0.15) is 0 Å². The molecule has 0 aliphatic heterocycles. The summed E-state index contributed by atoms with van der Waals surface area (Å²) in [5, 5.41) is 5.51. The van der Waals surface area contributed by atoms with E-state index in [4.69, 9.17) is 0 Å². The molecule has 1 heterocycles. The monoisotopic (exact) mass is 296 g/mol. The van der Waals surface area contributed by atoms with Crippen molar-refractivity contribution < 1.29 is 4.79 Å². The van der Waals surface area contributed by atoms with Gasteiger partial charge in [-0.05, 0) is 30.3 Å². The van der Waals surface area contributed by atoms with Crippen LogP contribution in [0.2, 0.25) is 0 Å². The van der Waals surface area contributed by atoms with E-state index in [-0.39, 0.29) is 11.7 Å². The molecule has 0 unspecified atom stereocenters. The topological polar surface area (TPSA) is 68.1 Å². The fourth-order valence-electron chi connectivity index (χ4n) is 2.40. The first-order valence-electron chi connectivity index (χ1n) is 6.85. The second kappa shape index (κ2) is 5.40.